The van der Waals surface area contributed by atoms with Crippen LogP contribution in [0.4, 0.5) is 0 Å². The van der Waals surface area contributed by atoms with E-state index in [1.54, 1.807) is 18.2 Å². The van der Waals surface area contributed by atoms with Crippen molar-refractivity contribution in [2.45, 2.75) is 6.04 Å². The van der Waals surface area contributed by atoms with Crippen molar-refractivity contribution in [1.29, 1.82) is 0 Å². The number of phenols is 1. The maximum absolute atomic E-state index is 9.73. The average molecular weight is 234 g/mol. The first-order chi connectivity index (χ1) is 7.68. The lowest BCUT2D eigenvalue weighted by molar-refractivity contribution is 0.465. The Morgan fingerprint density at radius 1 is 1.06 bits per heavy atom. The zero-order chi connectivity index (χ0) is 11.5. The highest BCUT2D eigenvalue weighted by Gasteiger charge is 2.12. The van der Waals surface area contributed by atoms with E-state index in [9.17, 15) is 5.11 Å². The van der Waals surface area contributed by atoms with Crippen LogP contribution in [0.5, 0.6) is 5.75 Å². The summed E-state index contributed by atoms with van der Waals surface area (Å²) in [5, 5.41) is 10.3. The molecular weight excluding hydrogens is 222 g/mol. The van der Waals surface area contributed by atoms with E-state index in [-0.39, 0.29) is 11.8 Å². The predicted octanol–water partition coefficient (Wildman–Crippen LogP) is 3.09. The zero-order valence-corrected chi connectivity index (χ0v) is 9.35. The van der Waals surface area contributed by atoms with E-state index in [0.717, 1.165) is 5.56 Å². The van der Waals surface area contributed by atoms with Gasteiger partial charge in [-0.05, 0) is 23.8 Å². The Hall–Kier alpha value is -1.51. The van der Waals surface area contributed by atoms with Gasteiger partial charge in [0.1, 0.15) is 5.75 Å². The molecule has 0 bridgehead atoms. The lowest BCUT2D eigenvalue weighted by Gasteiger charge is -2.14. The molecule has 2 aromatic carbocycles. The van der Waals surface area contributed by atoms with Crippen LogP contribution in [0.15, 0.2) is 48.5 Å². The van der Waals surface area contributed by atoms with Crippen molar-refractivity contribution in [2.24, 2.45) is 5.73 Å². The first-order valence-electron chi connectivity index (χ1n) is 4.97. The largest absolute Gasteiger partial charge is 0.508 e. The summed E-state index contributed by atoms with van der Waals surface area (Å²) < 4.78 is 0. The van der Waals surface area contributed by atoms with Crippen molar-refractivity contribution in [2.75, 3.05) is 0 Å². The molecule has 2 nitrogen and oxygen atoms in total. The highest BCUT2D eigenvalue weighted by atomic mass is 35.5. The highest BCUT2D eigenvalue weighted by Crippen LogP contribution is 2.29. The Morgan fingerprint density at radius 2 is 1.75 bits per heavy atom. The minimum atomic E-state index is -0.361. The fraction of sp³-hybridized carbons (Fsp3) is 0.0769. The predicted molar refractivity (Wildman–Crippen MR) is 65.6 cm³/mol. The average Bonchev–Trinajstić information content (AvgIpc) is 2.32. The summed E-state index contributed by atoms with van der Waals surface area (Å²) in [5.74, 6) is 0.167. The molecule has 0 saturated carbocycles. The van der Waals surface area contributed by atoms with E-state index in [4.69, 9.17) is 17.3 Å². The van der Waals surface area contributed by atoms with Crippen molar-refractivity contribution in [1.82, 2.24) is 0 Å². The van der Waals surface area contributed by atoms with Crippen molar-refractivity contribution in [3.8, 4) is 5.75 Å². The summed E-state index contributed by atoms with van der Waals surface area (Å²) >= 11 is 5.88. The molecule has 0 aliphatic carbocycles. The number of halogens is 1. The van der Waals surface area contributed by atoms with Crippen molar-refractivity contribution < 1.29 is 5.11 Å². The van der Waals surface area contributed by atoms with Gasteiger partial charge in [-0.3, -0.25) is 0 Å². The van der Waals surface area contributed by atoms with Gasteiger partial charge in [0.2, 0.25) is 0 Å². The number of rotatable bonds is 2. The van der Waals surface area contributed by atoms with Gasteiger partial charge in [0.15, 0.2) is 0 Å². The van der Waals surface area contributed by atoms with Crippen LogP contribution >= 0.6 is 11.6 Å². The SMILES string of the molecule is NC(c1ccccc1)c1cc(Cl)ccc1O. The number of hydrogen-bond donors (Lipinski definition) is 2. The van der Waals surface area contributed by atoms with Gasteiger partial charge in [0.05, 0.1) is 6.04 Å². The van der Waals surface area contributed by atoms with Gasteiger partial charge in [-0.25, -0.2) is 0 Å². The van der Waals surface area contributed by atoms with Crippen LogP contribution in [0.25, 0.3) is 0 Å². The Morgan fingerprint density at radius 3 is 2.44 bits per heavy atom. The lowest BCUT2D eigenvalue weighted by Crippen LogP contribution is -2.11. The third-order valence-electron chi connectivity index (χ3n) is 2.48. The number of nitrogens with two attached hydrogens (primary N) is 1. The molecule has 0 heterocycles. The molecule has 1 atom stereocenters. The number of aromatic hydroxyl groups is 1. The van der Waals surface area contributed by atoms with Gasteiger partial charge in [-0.15, -0.1) is 0 Å². The second-order valence-corrected chi connectivity index (χ2v) is 4.03. The molecule has 82 valence electrons. The van der Waals surface area contributed by atoms with E-state index in [1.807, 2.05) is 30.3 Å². The van der Waals surface area contributed by atoms with Crippen molar-refractivity contribution >= 4 is 11.6 Å². The smallest absolute Gasteiger partial charge is 0.120 e. The van der Waals surface area contributed by atoms with E-state index in [2.05, 4.69) is 0 Å². The maximum atomic E-state index is 9.73. The number of benzene rings is 2. The van der Waals surface area contributed by atoms with Gasteiger partial charge in [0, 0.05) is 10.6 Å². The lowest BCUT2D eigenvalue weighted by atomic mass is 9.99. The molecule has 16 heavy (non-hydrogen) atoms. The topological polar surface area (TPSA) is 46.2 Å². The Balaban J connectivity index is 2.41. The Bertz CT molecular complexity index is 485. The minimum Gasteiger partial charge on any atom is -0.508 e. The summed E-state index contributed by atoms with van der Waals surface area (Å²) in [6.07, 6.45) is 0. The number of hydrogen-bond acceptors (Lipinski definition) is 2. The van der Waals surface area contributed by atoms with Crippen LogP contribution in [0, 0.1) is 0 Å². The molecule has 3 N–H and O–H groups in total. The summed E-state index contributed by atoms with van der Waals surface area (Å²) in [6.45, 7) is 0. The minimum absolute atomic E-state index is 0.167. The molecule has 0 aromatic heterocycles. The van der Waals surface area contributed by atoms with E-state index in [1.165, 1.54) is 0 Å². The fourth-order valence-corrected chi connectivity index (χ4v) is 1.79. The molecule has 0 radical (unpaired) electrons. The molecule has 3 heteroatoms. The molecule has 1 unspecified atom stereocenters. The molecule has 0 spiro atoms. The van der Waals surface area contributed by atoms with Crippen molar-refractivity contribution in [3.63, 3.8) is 0 Å². The van der Waals surface area contributed by atoms with E-state index in [0.29, 0.717) is 10.6 Å². The first kappa shape index (κ1) is 11.0. The molecule has 0 aliphatic heterocycles. The molecular formula is C13H12ClNO. The second-order valence-electron chi connectivity index (χ2n) is 3.59. The first-order valence-corrected chi connectivity index (χ1v) is 5.35. The van der Waals surface area contributed by atoms with Gasteiger partial charge >= 0.3 is 0 Å². The van der Waals surface area contributed by atoms with E-state index < -0.39 is 0 Å². The fourth-order valence-electron chi connectivity index (χ4n) is 1.61. The second kappa shape index (κ2) is 4.56. The number of phenolic OH excluding ortho intramolecular Hbond substituents is 1. The monoisotopic (exact) mass is 233 g/mol. The summed E-state index contributed by atoms with van der Waals surface area (Å²) in [5.41, 5.74) is 7.65. The molecule has 0 aliphatic rings. The van der Waals surface area contributed by atoms with E-state index >= 15 is 0 Å². The Kier molecular flexibility index (Phi) is 3.13. The van der Waals surface area contributed by atoms with Gasteiger partial charge in [-0.1, -0.05) is 41.9 Å². The normalized spacial score (nSPS) is 12.4. The van der Waals surface area contributed by atoms with Gasteiger partial charge in [-0.2, -0.15) is 0 Å². The quantitative estimate of drug-likeness (QED) is 0.837. The molecule has 0 amide bonds. The maximum Gasteiger partial charge on any atom is 0.120 e. The summed E-state index contributed by atoms with van der Waals surface area (Å²) in [6, 6.07) is 14.1. The van der Waals surface area contributed by atoms with Gasteiger partial charge < -0.3 is 10.8 Å². The zero-order valence-electron chi connectivity index (χ0n) is 8.60. The van der Waals surface area contributed by atoms with Crippen LogP contribution in [0.1, 0.15) is 17.2 Å². The third-order valence-corrected chi connectivity index (χ3v) is 2.72. The molecule has 0 saturated heterocycles. The van der Waals surface area contributed by atoms with Crippen LogP contribution in [-0.4, -0.2) is 5.11 Å². The van der Waals surface area contributed by atoms with Gasteiger partial charge in [0.25, 0.3) is 0 Å². The Labute approximate surface area is 99.3 Å². The molecule has 0 fully saturated rings. The molecule has 2 aromatic rings. The summed E-state index contributed by atoms with van der Waals surface area (Å²) in [7, 11) is 0. The standard InChI is InChI=1S/C13H12ClNO/c14-10-6-7-12(16)11(8-10)13(15)9-4-2-1-3-5-9/h1-8,13,16H,15H2. The van der Waals surface area contributed by atoms with Crippen LogP contribution in [-0.2, 0) is 0 Å². The molecule has 2 rings (SSSR count). The summed E-state index contributed by atoms with van der Waals surface area (Å²) in [4.78, 5) is 0. The van der Waals surface area contributed by atoms with Crippen LogP contribution in [0.3, 0.4) is 0 Å². The van der Waals surface area contributed by atoms with Crippen molar-refractivity contribution in [3.05, 3.63) is 64.7 Å². The third kappa shape index (κ3) is 2.18. The van der Waals surface area contributed by atoms with Crippen LogP contribution < -0.4 is 5.73 Å². The van der Waals surface area contributed by atoms with Crippen LogP contribution in [0.2, 0.25) is 5.02 Å². The highest BCUT2D eigenvalue weighted by molar-refractivity contribution is 6.30.